The molecule has 0 N–H and O–H groups in total. The second-order valence-electron chi connectivity index (χ2n) is 0.380. The molecule has 0 saturated carbocycles. The Morgan fingerprint density at radius 1 is 1.33 bits per heavy atom. The topological polar surface area (TPSA) is 28.0 Å². The zero-order chi connectivity index (χ0) is 4.99. The van der Waals surface area contributed by atoms with E-state index in [2.05, 4.69) is 21.6 Å². The van der Waals surface area contributed by atoms with Gasteiger partial charge in [0.2, 0.25) is 0 Å². The molecule has 0 bridgehead atoms. The van der Waals surface area contributed by atoms with Crippen LogP contribution in [0.2, 0.25) is 0 Å². The lowest BCUT2D eigenvalue weighted by Gasteiger charge is -1.84. The molecule has 0 unspecified atom stereocenters. The molecule has 0 radical (unpaired) electrons. The van der Waals surface area contributed by atoms with Crippen molar-refractivity contribution >= 4 is 35.3 Å². The maximum atomic E-state index is 4.83. The summed E-state index contributed by atoms with van der Waals surface area (Å²) >= 11 is 14.3. The van der Waals surface area contributed by atoms with Gasteiger partial charge in [0.1, 0.15) is 0 Å². The summed E-state index contributed by atoms with van der Waals surface area (Å²) < 4.78 is 3.15. The van der Waals surface area contributed by atoms with Crippen LogP contribution in [-0.4, -0.2) is 4.05 Å². The van der Waals surface area contributed by atoms with Gasteiger partial charge in [-0.25, -0.2) is 0 Å². The first kappa shape index (κ1) is 6.27. The first-order valence-electron chi connectivity index (χ1n) is 0.907. The third kappa shape index (κ3) is 4.27. The van der Waals surface area contributed by atoms with Gasteiger partial charge < -0.3 is 0 Å². The van der Waals surface area contributed by atoms with Gasteiger partial charge in [-0.15, -0.1) is 0 Å². The molecule has 0 aliphatic rings. The van der Waals surface area contributed by atoms with Crippen LogP contribution in [0.1, 0.15) is 0 Å². The van der Waals surface area contributed by atoms with Crippen LogP contribution in [0.4, 0.5) is 0 Å². The van der Waals surface area contributed by atoms with Gasteiger partial charge in [0, 0.05) is 0 Å². The van der Waals surface area contributed by atoms with E-state index in [1.54, 1.807) is 0 Å². The Bertz CT molecular complexity index is 48.0. The molecule has 6 heteroatoms. The van der Waals surface area contributed by atoms with E-state index in [1.807, 2.05) is 0 Å². The molecule has 6 heavy (non-hydrogen) atoms. The Hall–Kier alpha value is 0.270. The lowest BCUT2D eigenvalue weighted by atomic mass is 12.7. The van der Waals surface area contributed by atoms with Crippen LogP contribution < -0.4 is 0 Å². The van der Waals surface area contributed by atoms with Gasteiger partial charge in [-0.05, 0) is 5.22 Å². The van der Waals surface area contributed by atoms with Gasteiger partial charge in [-0.1, -0.05) is 8.68 Å². The average molecular weight is 148 g/mol. The number of nitrogens with zero attached hydrogens (tertiary/aromatic N) is 3. The summed E-state index contributed by atoms with van der Waals surface area (Å²) in [6.07, 6.45) is 0. The first-order valence-corrected chi connectivity index (χ1v) is 1.92. The van der Waals surface area contributed by atoms with Crippen LogP contribution in [-0.2, 0) is 0 Å². The van der Waals surface area contributed by atoms with Crippen LogP contribution in [0, 0.1) is 0 Å². The molecule has 0 aromatic heterocycles. The zero-order valence-corrected chi connectivity index (χ0v) is 4.74. The molecular weight excluding hydrogens is 148 g/mol. The van der Waals surface area contributed by atoms with Crippen molar-refractivity contribution in [1.82, 2.24) is 4.05 Å². The third-order valence-electron chi connectivity index (χ3n) is 0.101. The maximum absolute atomic E-state index is 4.83. The fourth-order valence-corrected chi connectivity index (χ4v) is 0.230. The van der Waals surface area contributed by atoms with Crippen molar-refractivity contribution in [3.63, 3.8) is 0 Å². The Morgan fingerprint density at radius 3 is 1.83 bits per heavy atom. The highest BCUT2D eigenvalue weighted by Crippen LogP contribution is 1.99. The molecule has 0 aliphatic heterocycles. The predicted octanol–water partition coefficient (Wildman–Crippen LogP) is 2.12. The second kappa shape index (κ2) is 3.46. The number of hydrogen-bond acceptors (Lipinski definition) is 2. The van der Waals surface area contributed by atoms with Crippen molar-refractivity contribution < 1.29 is 0 Å². The average Bonchev–Trinajstić information content (AvgIpc) is 1.35. The third-order valence-corrected chi connectivity index (χ3v) is 0.304. The summed E-state index contributed by atoms with van der Waals surface area (Å²) in [5.41, 5.74) is 0. The highest BCUT2D eigenvalue weighted by molar-refractivity contribution is 6.33. The summed E-state index contributed by atoms with van der Waals surface area (Å²) in [5.74, 6) is 0. The highest BCUT2D eigenvalue weighted by Gasteiger charge is 1.78. The normalized spacial score (nSPS) is 9.83. The van der Waals surface area contributed by atoms with Gasteiger partial charge in [0.05, 0.1) is 35.3 Å². The number of halogens is 3. The van der Waals surface area contributed by atoms with Gasteiger partial charge in [0.15, 0.2) is 0 Å². The molecule has 3 nitrogen and oxygen atoms in total. The quantitative estimate of drug-likeness (QED) is 0.318. The van der Waals surface area contributed by atoms with E-state index in [1.165, 1.54) is 0 Å². The minimum Gasteiger partial charge on any atom is -0.0887 e. The highest BCUT2D eigenvalue weighted by atomic mass is 35.5. The Morgan fingerprint density at radius 2 is 1.83 bits per heavy atom. The van der Waals surface area contributed by atoms with Crippen molar-refractivity contribution in [1.29, 1.82) is 0 Å². The van der Waals surface area contributed by atoms with Crippen LogP contribution in [0.25, 0.3) is 0 Å². The van der Waals surface area contributed by atoms with Crippen molar-refractivity contribution in [2.45, 2.75) is 0 Å². The molecule has 0 aromatic rings. The first-order chi connectivity index (χ1) is 2.77. The van der Waals surface area contributed by atoms with E-state index in [9.17, 15) is 0 Å². The van der Waals surface area contributed by atoms with Crippen molar-refractivity contribution in [2.75, 3.05) is 0 Å². The van der Waals surface area contributed by atoms with E-state index in [4.69, 9.17) is 23.6 Å². The summed E-state index contributed by atoms with van der Waals surface area (Å²) in [6, 6.07) is 0. The van der Waals surface area contributed by atoms with Crippen LogP contribution in [0.3, 0.4) is 0 Å². The van der Waals surface area contributed by atoms with Crippen LogP contribution >= 0.6 is 35.3 Å². The molecule has 0 aromatic carbocycles. The van der Waals surface area contributed by atoms with E-state index < -0.39 is 0 Å². The summed E-state index contributed by atoms with van der Waals surface area (Å²) in [5, 5.41) is 2.88. The van der Waals surface area contributed by atoms with Crippen LogP contribution in [0.15, 0.2) is 9.86 Å². The van der Waals surface area contributed by atoms with Gasteiger partial charge in [-0.2, -0.15) is 0 Å². The Kier molecular flexibility index (Phi) is 3.62. The van der Waals surface area contributed by atoms with E-state index in [-0.39, 0.29) is 0 Å². The molecule has 0 amide bonds. The molecule has 0 spiro atoms. The lowest BCUT2D eigenvalue weighted by molar-refractivity contribution is 0.723. The molecule has 0 aliphatic carbocycles. The summed E-state index contributed by atoms with van der Waals surface area (Å²) in [7, 11) is 0. The minimum absolute atomic E-state index is 0.451. The zero-order valence-electron chi connectivity index (χ0n) is 2.48. The Labute approximate surface area is 49.8 Å². The molecule has 0 atom stereocenters. The predicted molar refractivity (Wildman–Crippen MR) is 24.3 cm³/mol. The van der Waals surface area contributed by atoms with Crippen molar-refractivity contribution in [3.8, 4) is 0 Å². The van der Waals surface area contributed by atoms with E-state index in [0.717, 1.165) is 0 Å². The van der Waals surface area contributed by atoms with Gasteiger partial charge in [-0.3, -0.25) is 0 Å². The fourth-order valence-electron chi connectivity index (χ4n) is 0.0256. The lowest BCUT2D eigenvalue weighted by Crippen LogP contribution is -1.76. The molecule has 0 fully saturated rings. The molecule has 0 heterocycles. The molecule has 0 saturated heterocycles. The molecule has 0 rings (SSSR count). The second-order valence-corrected chi connectivity index (χ2v) is 1.34. The summed E-state index contributed by atoms with van der Waals surface area (Å²) in [6.45, 7) is 0. The smallest absolute Gasteiger partial charge is 0.0622 e. The number of hydrogen-bond donors (Lipinski definition) is 0. The summed E-state index contributed by atoms with van der Waals surface area (Å²) in [4.78, 5) is 0. The largest absolute Gasteiger partial charge is 0.0887 e. The van der Waals surface area contributed by atoms with Crippen molar-refractivity contribution in [3.05, 3.63) is 0 Å². The Balaban J connectivity index is 3.03. The maximum Gasteiger partial charge on any atom is 0.0622 e. The number of rotatable bonds is 1. The van der Waals surface area contributed by atoms with E-state index >= 15 is 0 Å². The van der Waals surface area contributed by atoms with Gasteiger partial charge >= 0.3 is 0 Å². The standard InChI is InChI=1S/Cl3N3/c1-4-5-6(2)3/b5-4-. The molecule has 36 valence electrons. The monoisotopic (exact) mass is 147 g/mol. The van der Waals surface area contributed by atoms with E-state index in [0.29, 0.717) is 4.05 Å². The van der Waals surface area contributed by atoms with Crippen molar-refractivity contribution in [2.24, 2.45) is 9.86 Å². The fraction of sp³-hybridized carbons (Fsp3) is 0. The molecular formula is Cl3N3. The SMILES string of the molecule is Cl/N=N\N(Cl)Cl. The minimum atomic E-state index is 0.451. The van der Waals surface area contributed by atoms with Crippen LogP contribution in [0.5, 0.6) is 0 Å². The van der Waals surface area contributed by atoms with Gasteiger partial charge in [0.25, 0.3) is 0 Å².